The van der Waals surface area contributed by atoms with Gasteiger partial charge in [0.1, 0.15) is 12.4 Å². The highest BCUT2D eigenvalue weighted by Crippen LogP contribution is 2.37. The van der Waals surface area contributed by atoms with Gasteiger partial charge in [-0.15, -0.1) is 12.4 Å². The summed E-state index contributed by atoms with van der Waals surface area (Å²) in [5.74, 6) is 2.29. The standard InChI is InChI=1S/C23H24BrNO3.ClH/c1-26-20-10-8-17(9-11-20)14-25-15-19-12-21(24)23(22(13-19)27-2)28-16-18-6-4-3-5-7-18;/h3-13,25H,14-16H2,1-2H3;1H. The maximum Gasteiger partial charge on any atom is 0.175 e. The highest BCUT2D eigenvalue weighted by molar-refractivity contribution is 9.10. The molecule has 0 saturated carbocycles. The van der Waals surface area contributed by atoms with Crippen LogP contribution in [0.2, 0.25) is 0 Å². The van der Waals surface area contributed by atoms with Crippen molar-refractivity contribution >= 4 is 28.3 Å². The van der Waals surface area contributed by atoms with Crippen LogP contribution in [0.4, 0.5) is 0 Å². The zero-order valence-corrected chi connectivity index (χ0v) is 18.9. The normalized spacial score (nSPS) is 10.2. The molecule has 6 heteroatoms. The smallest absolute Gasteiger partial charge is 0.175 e. The lowest BCUT2D eigenvalue weighted by molar-refractivity contribution is 0.282. The summed E-state index contributed by atoms with van der Waals surface area (Å²) in [7, 11) is 3.33. The zero-order valence-electron chi connectivity index (χ0n) is 16.5. The van der Waals surface area contributed by atoms with Crippen molar-refractivity contribution in [2.24, 2.45) is 0 Å². The number of hydrogen-bond donors (Lipinski definition) is 1. The van der Waals surface area contributed by atoms with Gasteiger partial charge in [-0.25, -0.2) is 0 Å². The summed E-state index contributed by atoms with van der Waals surface area (Å²) in [5.41, 5.74) is 3.43. The predicted molar refractivity (Wildman–Crippen MR) is 122 cm³/mol. The average Bonchev–Trinajstić information content (AvgIpc) is 2.74. The van der Waals surface area contributed by atoms with E-state index in [0.717, 1.165) is 34.4 Å². The number of hydrogen-bond acceptors (Lipinski definition) is 4. The molecule has 1 N–H and O–H groups in total. The van der Waals surface area contributed by atoms with Crippen molar-refractivity contribution in [1.82, 2.24) is 5.32 Å². The molecule has 154 valence electrons. The van der Waals surface area contributed by atoms with Gasteiger partial charge in [-0.3, -0.25) is 0 Å². The first-order chi connectivity index (χ1) is 13.7. The topological polar surface area (TPSA) is 39.7 Å². The predicted octanol–water partition coefficient (Wildman–Crippen LogP) is 5.76. The van der Waals surface area contributed by atoms with Gasteiger partial charge < -0.3 is 19.5 Å². The molecule has 0 amide bonds. The van der Waals surface area contributed by atoms with Gasteiger partial charge in [-0.1, -0.05) is 42.5 Å². The van der Waals surface area contributed by atoms with Crippen LogP contribution in [-0.4, -0.2) is 14.2 Å². The summed E-state index contributed by atoms with van der Waals surface area (Å²) in [6, 6.07) is 22.2. The molecular formula is C23H25BrClNO3. The van der Waals surface area contributed by atoms with E-state index < -0.39 is 0 Å². The Balaban J connectivity index is 0.00000300. The van der Waals surface area contributed by atoms with E-state index in [0.29, 0.717) is 18.1 Å². The Morgan fingerprint density at radius 1 is 0.793 bits per heavy atom. The molecule has 4 nitrogen and oxygen atoms in total. The summed E-state index contributed by atoms with van der Waals surface area (Å²) >= 11 is 3.62. The van der Waals surface area contributed by atoms with E-state index in [4.69, 9.17) is 14.2 Å². The number of methoxy groups -OCH3 is 2. The second kappa shape index (κ2) is 11.7. The van der Waals surface area contributed by atoms with E-state index in [1.165, 1.54) is 5.56 Å². The Bertz CT molecular complexity index is 889. The number of ether oxygens (including phenoxy) is 3. The van der Waals surface area contributed by atoms with Gasteiger partial charge in [0.05, 0.1) is 18.7 Å². The second-order valence-corrected chi connectivity index (χ2v) is 7.19. The van der Waals surface area contributed by atoms with Crippen LogP contribution in [0.5, 0.6) is 17.2 Å². The number of nitrogens with one attached hydrogen (secondary N) is 1. The average molecular weight is 479 g/mol. The molecule has 0 aliphatic carbocycles. The summed E-state index contributed by atoms with van der Waals surface area (Å²) in [5, 5.41) is 3.45. The molecule has 0 radical (unpaired) electrons. The molecule has 0 unspecified atom stereocenters. The minimum atomic E-state index is 0. The van der Waals surface area contributed by atoms with Gasteiger partial charge in [0.2, 0.25) is 0 Å². The van der Waals surface area contributed by atoms with Crippen LogP contribution in [0.25, 0.3) is 0 Å². The summed E-state index contributed by atoms with van der Waals surface area (Å²) in [6.45, 7) is 1.99. The van der Waals surface area contributed by atoms with Crippen molar-refractivity contribution < 1.29 is 14.2 Å². The Kier molecular flexibility index (Phi) is 9.32. The first kappa shape index (κ1) is 23.1. The molecule has 0 atom stereocenters. The lowest BCUT2D eigenvalue weighted by Crippen LogP contribution is -2.13. The molecular weight excluding hydrogens is 454 g/mol. The monoisotopic (exact) mass is 477 g/mol. The zero-order chi connectivity index (χ0) is 19.8. The van der Waals surface area contributed by atoms with Gasteiger partial charge in [-0.2, -0.15) is 0 Å². The molecule has 0 aliphatic rings. The van der Waals surface area contributed by atoms with Crippen LogP contribution in [0.15, 0.2) is 71.2 Å². The van der Waals surface area contributed by atoms with Crippen molar-refractivity contribution in [3.63, 3.8) is 0 Å². The highest BCUT2D eigenvalue weighted by Gasteiger charge is 2.12. The van der Waals surface area contributed by atoms with E-state index in [-0.39, 0.29) is 12.4 Å². The highest BCUT2D eigenvalue weighted by atomic mass is 79.9. The van der Waals surface area contributed by atoms with Crippen molar-refractivity contribution in [3.8, 4) is 17.2 Å². The van der Waals surface area contributed by atoms with E-state index >= 15 is 0 Å². The van der Waals surface area contributed by atoms with Crippen LogP contribution in [0.1, 0.15) is 16.7 Å². The van der Waals surface area contributed by atoms with Crippen LogP contribution in [0.3, 0.4) is 0 Å². The lowest BCUT2D eigenvalue weighted by Gasteiger charge is -2.15. The molecule has 0 spiro atoms. The molecule has 3 aromatic rings. The Hall–Kier alpha value is -2.21. The first-order valence-corrected chi connectivity index (χ1v) is 9.85. The molecule has 3 aromatic carbocycles. The van der Waals surface area contributed by atoms with Crippen LogP contribution in [0, 0.1) is 0 Å². The number of benzene rings is 3. The Morgan fingerprint density at radius 3 is 2.14 bits per heavy atom. The number of rotatable bonds is 9. The fraction of sp³-hybridized carbons (Fsp3) is 0.217. The lowest BCUT2D eigenvalue weighted by atomic mass is 10.1. The van der Waals surface area contributed by atoms with Crippen LogP contribution < -0.4 is 19.5 Å². The van der Waals surface area contributed by atoms with Crippen molar-refractivity contribution in [1.29, 1.82) is 0 Å². The number of halogens is 2. The fourth-order valence-electron chi connectivity index (χ4n) is 2.84. The SMILES string of the molecule is COc1ccc(CNCc2cc(Br)c(OCc3ccccc3)c(OC)c2)cc1.Cl. The second-order valence-electron chi connectivity index (χ2n) is 6.33. The van der Waals surface area contributed by atoms with Gasteiger partial charge >= 0.3 is 0 Å². The minimum Gasteiger partial charge on any atom is -0.497 e. The van der Waals surface area contributed by atoms with Crippen molar-refractivity contribution in [2.45, 2.75) is 19.7 Å². The maximum absolute atomic E-state index is 5.99. The van der Waals surface area contributed by atoms with Gasteiger partial charge in [-0.05, 0) is 56.9 Å². The first-order valence-electron chi connectivity index (χ1n) is 9.06. The van der Waals surface area contributed by atoms with E-state index in [1.54, 1.807) is 14.2 Å². The van der Waals surface area contributed by atoms with Gasteiger partial charge in [0, 0.05) is 13.1 Å². The third kappa shape index (κ3) is 6.67. The van der Waals surface area contributed by atoms with Gasteiger partial charge in [0.25, 0.3) is 0 Å². The van der Waals surface area contributed by atoms with E-state index in [1.807, 2.05) is 48.5 Å². The van der Waals surface area contributed by atoms with Gasteiger partial charge in [0.15, 0.2) is 11.5 Å². The molecule has 3 rings (SSSR count). The molecule has 0 aromatic heterocycles. The van der Waals surface area contributed by atoms with Crippen molar-refractivity contribution in [3.05, 3.63) is 87.9 Å². The maximum atomic E-state index is 5.99. The Morgan fingerprint density at radius 2 is 1.48 bits per heavy atom. The largest absolute Gasteiger partial charge is 0.497 e. The fourth-order valence-corrected chi connectivity index (χ4v) is 3.44. The molecule has 29 heavy (non-hydrogen) atoms. The molecule has 0 saturated heterocycles. The quantitative estimate of drug-likeness (QED) is 0.425. The van der Waals surface area contributed by atoms with E-state index in [9.17, 15) is 0 Å². The third-order valence-corrected chi connectivity index (χ3v) is 4.92. The van der Waals surface area contributed by atoms with Crippen molar-refractivity contribution in [2.75, 3.05) is 14.2 Å². The summed E-state index contributed by atoms with van der Waals surface area (Å²) < 4.78 is 17.6. The molecule has 0 heterocycles. The van der Waals surface area contributed by atoms with Crippen LogP contribution >= 0.6 is 28.3 Å². The molecule has 0 bridgehead atoms. The van der Waals surface area contributed by atoms with Crippen LogP contribution in [-0.2, 0) is 19.7 Å². The Labute approximate surface area is 186 Å². The van der Waals surface area contributed by atoms with E-state index in [2.05, 4.69) is 39.4 Å². The summed E-state index contributed by atoms with van der Waals surface area (Å²) in [6.07, 6.45) is 0. The minimum absolute atomic E-state index is 0. The summed E-state index contributed by atoms with van der Waals surface area (Å²) in [4.78, 5) is 0. The molecule has 0 fully saturated rings. The third-order valence-electron chi connectivity index (χ3n) is 4.33. The molecule has 0 aliphatic heterocycles.